The van der Waals surface area contributed by atoms with Crippen molar-refractivity contribution in [2.24, 2.45) is 0 Å². The Labute approximate surface area is 143 Å². The molecule has 1 heterocycles. The number of aromatic hydroxyl groups is 1. The summed E-state index contributed by atoms with van der Waals surface area (Å²) in [6.07, 6.45) is 3.64. The highest BCUT2D eigenvalue weighted by molar-refractivity contribution is 5.78. The SMILES string of the molecule is CCc1ccccc1N(c1cccc(O)c1)c1ncccc1CC. The van der Waals surface area contributed by atoms with Crippen LogP contribution in [0, 0.1) is 0 Å². The Kier molecular flexibility index (Phi) is 4.80. The number of hydrogen-bond donors (Lipinski definition) is 1. The van der Waals surface area contributed by atoms with Gasteiger partial charge in [0.2, 0.25) is 0 Å². The summed E-state index contributed by atoms with van der Waals surface area (Å²) in [5.41, 5.74) is 4.42. The summed E-state index contributed by atoms with van der Waals surface area (Å²) in [6, 6.07) is 19.7. The average molecular weight is 318 g/mol. The normalized spacial score (nSPS) is 10.6. The number of anilines is 3. The zero-order valence-electron chi connectivity index (χ0n) is 14.1. The van der Waals surface area contributed by atoms with Crippen LogP contribution in [0.15, 0.2) is 66.9 Å². The van der Waals surface area contributed by atoms with E-state index in [-0.39, 0.29) is 5.75 Å². The fourth-order valence-corrected chi connectivity index (χ4v) is 2.94. The molecule has 0 spiro atoms. The molecule has 24 heavy (non-hydrogen) atoms. The Hall–Kier alpha value is -2.81. The summed E-state index contributed by atoms with van der Waals surface area (Å²) in [5.74, 6) is 1.16. The van der Waals surface area contributed by atoms with Gasteiger partial charge in [0, 0.05) is 12.3 Å². The number of rotatable bonds is 5. The summed E-state index contributed by atoms with van der Waals surface area (Å²) >= 11 is 0. The molecule has 0 bridgehead atoms. The number of aryl methyl sites for hydroxylation is 2. The molecule has 1 aromatic heterocycles. The Balaban J connectivity index is 2.25. The Morgan fingerprint density at radius 2 is 1.62 bits per heavy atom. The van der Waals surface area contributed by atoms with Crippen LogP contribution in [0.4, 0.5) is 17.2 Å². The molecular formula is C21H22N2O. The summed E-state index contributed by atoms with van der Waals surface area (Å²) in [4.78, 5) is 6.79. The van der Waals surface area contributed by atoms with Crippen LogP contribution >= 0.6 is 0 Å². The molecule has 0 saturated heterocycles. The molecule has 0 atom stereocenters. The molecule has 0 fully saturated rings. The van der Waals surface area contributed by atoms with Gasteiger partial charge in [0.25, 0.3) is 0 Å². The Bertz CT molecular complexity index is 782. The number of aromatic nitrogens is 1. The van der Waals surface area contributed by atoms with E-state index in [9.17, 15) is 5.11 Å². The van der Waals surface area contributed by atoms with E-state index < -0.39 is 0 Å². The first-order valence-electron chi connectivity index (χ1n) is 8.35. The largest absolute Gasteiger partial charge is 0.508 e. The minimum atomic E-state index is 0.250. The van der Waals surface area contributed by atoms with Crippen LogP contribution in [-0.2, 0) is 12.8 Å². The maximum absolute atomic E-state index is 9.96. The Morgan fingerprint density at radius 3 is 2.38 bits per heavy atom. The van der Waals surface area contributed by atoms with Crippen LogP contribution in [-0.4, -0.2) is 10.1 Å². The highest BCUT2D eigenvalue weighted by Crippen LogP contribution is 2.38. The van der Waals surface area contributed by atoms with Gasteiger partial charge in [-0.15, -0.1) is 0 Å². The number of benzene rings is 2. The minimum Gasteiger partial charge on any atom is -0.508 e. The summed E-state index contributed by atoms with van der Waals surface area (Å²) in [6.45, 7) is 4.28. The van der Waals surface area contributed by atoms with E-state index in [0.717, 1.165) is 30.0 Å². The lowest BCUT2D eigenvalue weighted by atomic mass is 10.1. The van der Waals surface area contributed by atoms with Gasteiger partial charge in [0.05, 0.1) is 11.4 Å². The van der Waals surface area contributed by atoms with E-state index in [1.54, 1.807) is 12.1 Å². The van der Waals surface area contributed by atoms with E-state index in [0.29, 0.717) is 0 Å². The first-order chi connectivity index (χ1) is 11.7. The molecular weight excluding hydrogens is 296 g/mol. The van der Waals surface area contributed by atoms with Crippen LogP contribution in [0.25, 0.3) is 0 Å². The quantitative estimate of drug-likeness (QED) is 0.686. The first kappa shape index (κ1) is 16.1. The lowest BCUT2D eigenvalue weighted by Gasteiger charge is -2.28. The zero-order chi connectivity index (χ0) is 16.9. The zero-order valence-corrected chi connectivity index (χ0v) is 14.1. The topological polar surface area (TPSA) is 36.4 Å². The van der Waals surface area contributed by atoms with Gasteiger partial charge in [0.15, 0.2) is 0 Å². The minimum absolute atomic E-state index is 0.250. The number of para-hydroxylation sites is 1. The van der Waals surface area contributed by atoms with Crippen LogP contribution in [0.2, 0.25) is 0 Å². The molecule has 3 nitrogen and oxygen atoms in total. The second-order valence-electron chi connectivity index (χ2n) is 5.68. The predicted octanol–water partition coefficient (Wildman–Crippen LogP) is 5.38. The number of phenols is 1. The van der Waals surface area contributed by atoms with E-state index in [2.05, 4.69) is 48.0 Å². The molecule has 122 valence electrons. The third-order valence-corrected chi connectivity index (χ3v) is 4.16. The van der Waals surface area contributed by atoms with Gasteiger partial charge >= 0.3 is 0 Å². The predicted molar refractivity (Wildman–Crippen MR) is 99.3 cm³/mol. The van der Waals surface area contributed by atoms with Gasteiger partial charge in [-0.2, -0.15) is 0 Å². The fraction of sp³-hybridized carbons (Fsp3) is 0.190. The van der Waals surface area contributed by atoms with Gasteiger partial charge in [0.1, 0.15) is 11.6 Å². The molecule has 2 aromatic carbocycles. The lowest BCUT2D eigenvalue weighted by molar-refractivity contribution is 0.475. The van der Waals surface area contributed by atoms with Crippen LogP contribution in [0.5, 0.6) is 5.75 Å². The molecule has 0 aliphatic rings. The van der Waals surface area contributed by atoms with E-state index in [1.807, 2.05) is 30.5 Å². The molecule has 0 saturated carbocycles. The number of hydrogen-bond acceptors (Lipinski definition) is 3. The highest BCUT2D eigenvalue weighted by Gasteiger charge is 2.18. The second-order valence-corrected chi connectivity index (χ2v) is 5.68. The van der Waals surface area contributed by atoms with Crippen molar-refractivity contribution in [1.29, 1.82) is 0 Å². The van der Waals surface area contributed by atoms with E-state index in [4.69, 9.17) is 0 Å². The summed E-state index contributed by atoms with van der Waals surface area (Å²) < 4.78 is 0. The molecule has 0 aliphatic carbocycles. The smallest absolute Gasteiger partial charge is 0.140 e. The van der Waals surface area contributed by atoms with Crippen molar-refractivity contribution in [3.63, 3.8) is 0 Å². The fourth-order valence-electron chi connectivity index (χ4n) is 2.94. The number of phenolic OH excluding ortho intramolecular Hbond substituents is 1. The maximum Gasteiger partial charge on any atom is 0.140 e. The van der Waals surface area contributed by atoms with E-state index in [1.165, 1.54) is 11.1 Å². The van der Waals surface area contributed by atoms with Crippen molar-refractivity contribution in [2.45, 2.75) is 26.7 Å². The van der Waals surface area contributed by atoms with Gasteiger partial charge in [-0.05, 0) is 48.2 Å². The average Bonchev–Trinajstić information content (AvgIpc) is 2.63. The van der Waals surface area contributed by atoms with Gasteiger partial charge < -0.3 is 5.11 Å². The number of pyridine rings is 1. The van der Waals surface area contributed by atoms with Crippen molar-refractivity contribution < 1.29 is 5.11 Å². The van der Waals surface area contributed by atoms with Gasteiger partial charge in [-0.3, -0.25) is 4.90 Å². The van der Waals surface area contributed by atoms with E-state index >= 15 is 0 Å². The van der Waals surface area contributed by atoms with Crippen molar-refractivity contribution in [3.05, 3.63) is 78.0 Å². The molecule has 0 aliphatic heterocycles. The third-order valence-electron chi connectivity index (χ3n) is 4.16. The molecule has 0 amide bonds. The molecule has 0 radical (unpaired) electrons. The maximum atomic E-state index is 9.96. The number of nitrogens with zero attached hydrogens (tertiary/aromatic N) is 2. The monoisotopic (exact) mass is 318 g/mol. The standard InChI is InChI=1S/C21H22N2O/c1-3-16-9-5-6-13-20(16)23(18-11-7-12-19(24)15-18)21-17(4-2)10-8-14-22-21/h5-15,24H,3-4H2,1-2H3. The van der Waals surface area contributed by atoms with Crippen molar-refractivity contribution in [2.75, 3.05) is 4.90 Å². The van der Waals surface area contributed by atoms with Crippen LogP contribution < -0.4 is 4.90 Å². The molecule has 3 rings (SSSR count). The molecule has 3 aromatic rings. The van der Waals surface area contributed by atoms with Crippen molar-refractivity contribution in [1.82, 2.24) is 4.98 Å². The second kappa shape index (κ2) is 7.18. The van der Waals surface area contributed by atoms with Gasteiger partial charge in [-0.25, -0.2) is 4.98 Å². The lowest BCUT2D eigenvalue weighted by Crippen LogP contribution is -2.15. The van der Waals surface area contributed by atoms with Crippen LogP contribution in [0.1, 0.15) is 25.0 Å². The molecule has 1 N–H and O–H groups in total. The van der Waals surface area contributed by atoms with Crippen molar-refractivity contribution >= 4 is 17.2 Å². The molecule has 3 heteroatoms. The van der Waals surface area contributed by atoms with Crippen LogP contribution in [0.3, 0.4) is 0 Å². The van der Waals surface area contributed by atoms with Gasteiger partial charge in [-0.1, -0.05) is 44.2 Å². The van der Waals surface area contributed by atoms with Crippen molar-refractivity contribution in [3.8, 4) is 5.75 Å². The first-order valence-corrected chi connectivity index (χ1v) is 8.35. The summed E-state index contributed by atoms with van der Waals surface area (Å²) in [7, 11) is 0. The third kappa shape index (κ3) is 3.11. The molecule has 0 unspecified atom stereocenters. The Morgan fingerprint density at radius 1 is 0.875 bits per heavy atom. The highest BCUT2D eigenvalue weighted by atomic mass is 16.3. The summed E-state index contributed by atoms with van der Waals surface area (Å²) in [5, 5.41) is 9.96.